The second kappa shape index (κ2) is 5.30. The van der Waals surface area contributed by atoms with Gasteiger partial charge >= 0.3 is 0 Å². The molecule has 0 saturated carbocycles. The smallest absolute Gasteiger partial charge is 0.0991 e. The second-order valence-corrected chi connectivity index (χ2v) is 5.50. The summed E-state index contributed by atoms with van der Waals surface area (Å²) < 4.78 is 1.97. The summed E-state index contributed by atoms with van der Waals surface area (Å²) in [6.07, 6.45) is 5.46. The van der Waals surface area contributed by atoms with Crippen molar-refractivity contribution in [2.45, 2.75) is 9.79 Å². The average Bonchev–Trinajstić information content (AvgIpc) is 2.98. The highest BCUT2D eigenvalue weighted by Gasteiger charge is 2.01. The van der Waals surface area contributed by atoms with E-state index in [0.717, 1.165) is 15.5 Å². The lowest BCUT2D eigenvalue weighted by Gasteiger charge is -2.06. The molecule has 1 aromatic heterocycles. The standard InChI is InChI=1S/C15H14N4S/c16-14-6-5-13(9-15(14)17)20-12-3-1-11(2-4-12)19-8-7-18-10-19/h1-10H,16-17H2. The third-order valence-corrected chi connectivity index (χ3v) is 3.93. The Hall–Kier alpha value is -2.40. The average molecular weight is 282 g/mol. The summed E-state index contributed by atoms with van der Waals surface area (Å²) in [5.74, 6) is 0. The number of aromatic nitrogens is 2. The molecule has 0 unspecified atom stereocenters. The Bertz CT molecular complexity index is 705. The lowest BCUT2D eigenvalue weighted by atomic mass is 10.3. The molecule has 20 heavy (non-hydrogen) atoms. The second-order valence-electron chi connectivity index (χ2n) is 4.36. The molecule has 4 nitrogen and oxygen atoms in total. The first-order valence-electron chi connectivity index (χ1n) is 6.13. The van der Waals surface area contributed by atoms with Gasteiger partial charge in [0, 0.05) is 27.9 Å². The van der Waals surface area contributed by atoms with E-state index in [1.165, 1.54) is 0 Å². The van der Waals surface area contributed by atoms with Crippen LogP contribution in [0.5, 0.6) is 0 Å². The summed E-state index contributed by atoms with van der Waals surface area (Å²) in [6.45, 7) is 0. The molecule has 0 radical (unpaired) electrons. The first kappa shape index (κ1) is 12.6. The maximum atomic E-state index is 5.81. The van der Waals surface area contributed by atoms with Gasteiger partial charge in [-0.1, -0.05) is 11.8 Å². The molecule has 1 heterocycles. The van der Waals surface area contributed by atoms with Crippen LogP contribution in [0, 0.1) is 0 Å². The zero-order valence-electron chi connectivity index (χ0n) is 10.7. The van der Waals surface area contributed by atoms with Gasteiger partial charge in [0.2, 0.25) is 0 Å². The normalized spacial score (nSPS) is 10.6. The van der Waals surface area contributed by atoms with Gasteiger partial charge in [-0.25, -0.2) is 4.98 Å². The van der Waals surface area contributed by atoms with E-state index in [1.54, 1.807) is 24.3 Å². The molecule has 0 aliphatic carbocycles. The molecule has 0 bridgehead atoms. The molecule has 100 valence electrons. The predicted octanol–water partition coefficient (Wildman–Crippen LogP) is 3.19. The number of nitrogen functional groups attached to an aromatic ring is 2. The molecule has 0 atom stereocenters. The number of hydrogen-bond acceptors (Lipinski definition) is 4. The Labute approximate surface area is 121 Å². The van der Waals surface area contributed by atoms with Crippen molar-refractivity contribution in [3.63, 3.8) is 0 Å². The molecule has 0 fully saturated rings. The Morgan fingerprint density at radius 1 is 0.900 bits per heavy atom. The molecule has 3 aromatic rings. The van der Waals surface area contributed by atoms with E-state index < -0.39 is 0 Å². The minimum atomic E-state index is 0.616. The Morgan fingerprint density at radius 2 is 1.65 bits per heavy atom. The molecule has 0 spiro atoms. The van der Waals surface area contributed by atoms with Crippen LogP contribution in [0.2, 0.25) is 0 Å². The molecule has 4 N–H and O–H groups in total. The fourth-order valence-electron chi connectivity index (χ4n) is 1.85. The summed E-state index contributed by atoms with van der Waals surface area (Å²) in [5.41, 5.74) is 13.8. The number of hydrogen-bond donors (Lipinski definition) is 2. The topological polar surface area (TPSA) is 69.9 Å². The maximum Gasteiger partial charge on any atom is 0.0991 e. The van der Waals surface area contributed by atoms with Gasteiger partial charge in [0.25, 0.3) is 0 Å². The van der Waals surface area contributed by atoms with E-state index in [4.69, 9.17) is 11.5 Å². The van der Waals surface area contributed by atoms with E-state index >= 15 is 0 Å². The van der Waals surface area contributed by atoms with Crippen LogP contribution in [-0.4, -0.2) is 9.55 Å². The predicted molar refractivity (Wildman–Crippen MR) is 83.0 cm³/mol. The molecule has 2 aromatic carbocycles. The van der Waals surface area contributed by atoms with Gasteiger partial charge < -0.3 is 16.0 Å². The van der Waals surface area contributed by atoms with E-state index in [1.807, 2.05) is 29.0 Å². The first-order valence-corrected chi connectivity index (χ1v) is 6.95. The molecule has 0 aliphatic rings. The Kier molecular flexibility index (Phi) is 3.35. The van der Waals surface area contributed by atoms with E-state index in [9.17, 15) is 0 Å². The number of imidazole rings is 1. The molecule has 0 aliphatic heterocycles. The van der Waals surface area contributed by atoms with Gasteiger partial charge in [-0.05, 0) is 42.5 Å². The maximum absolute atomic E-state index is 5.81. The SMILES string of the molecule is Nc1ccc(Sc2ccc(-n3ccnc3)cc2)cc1N. The van der Waals surface area contributed by atoms with Crippen molar-refractivity contribution in [2.75, 3.05) is 11.5 Å². The summed E-state index contributed by atoms with van der Waals surface area (Å²) in [5, 5.41) is 0. The van der Waals surface area contributed by atoms with Crippen LogP contribution in [0.15, 0.2) is 71.0 Å². The third kappa shape index (κ3) is 2.62. The largest absolute Gasteiger partial charge is 0.397 e. The van der Waals surface area contributed by atoms with Crippen molar-refractivity contribution in [1.29, 1.82) is 0 Å². The van der Waals surface area contributed by atoms with Crippen LogP contribution in [0.3, 0.4) is 0 Å². The quantitative estimate of drug-likeness (QED) is 0.724. The van der Waals surface area contributed by atoms with Crippen LogP contribution in [0.1, 0.15) is 0 Å². The number of rotatable bonds is 3. The Balaban J connectivity index is 1.79. The highest BCUT2D eigenvalue weighted by atomic mass is 32.2. The highest BCUT2D eigenvalue weighted by molar-refractivity contribution is 7.99. The zero-order valence-corrected chi connectivity index (χ0v) is 11.5. The van der Waals surface area contributed by atoms with Gasteiger partial charge in [0.1, 0.15) is 0 Å². The molecule has 0 amide bonds. The minimum Gasteiger partial charge on any atom is -0.397 e. The lowest BCUT2D eigenvalue weighted by molar-refractivity contribution is 1.05. The van der Waals surface area contributed by atoms with Crippen LogP contribution in [0.25, 0.3) is 5.69 Å². The van der Waals surface area contributed by atoms with Crippen molar-refractivity contribution >= 4 is 23.1 Å². The molecular weight excluding hydrogens is 268 g/mol. The van der Waals surface area contributed by atoms with Crippen LogP contribution in [-0.2, 0) is 0 Å². The number of nitrogens with two attached hydrogens (primary N) is 2. The van der Waals surface area contributed by atoms with Crippen LogP contribution < -0.4 is 11.5 Å². The summed E-state index contributed by atoms with van der Waals surface area (Å²) in [6, 6.07) is 14.0. The van der Waals surface area contributed by atoms with Gasteiger partial charge in [0.05, 0.1) is 17.7 Å². The van der Waals surface area contributed by atoms with E-state index in [0.29, 0.717) is 11.4 Å². The summed E-state index contributed by atoms with van der Waals surface area (Å²) in [4.78, 5) is 6.27. The van der Waals surface area contributed by atoms with E-state index in [2.05, 4.69) is 29.2 Å². The summed E-state index contributed by atoms with van der Waals surface area (Å²) >= 11 is 1.66. The van der Waals surface area contributed by atoms with Crippen LogP contribution >= 0.6 is 11.8 Å². The lowest BCUT2D eigenvalue weighted by Crippen LogP contribution is -1.93. The van der Waals surface area contributed by atoms with Gasteiger partial charge in [-0.3, -0.25) is 0 Å². The number of nitrogens with zero attached hydrogens (tertiary/aromatic N) is 2. The third-order valence-electron chi connectivity index (χ3n) is 2.93. The first-order chi connectivity index (χ1) is 9.72. The number of benzene rings is 2. The zero-order chi connectivity index (χ0) is 13.9. The van der Waals surface area contributed by atoms with Crippen molar-refractivity contribution in [3.05, 3.63) is 61.2 Å². The van der Waals surface area contributed by atoms with Gasteiger partial charge in [-0.15, -0.1) is 0 Å². The monoisotopic (exact) mass is 282 g/mol. The Morgan fingerprint density at radius 3 is 2.30 bits per heavy atom. The molecule has 0 saturated heterocycles. The highest BCUT2D eigenvalue weighted by Crippen LogP contribution is 2.31. The van der Waals surface area contributed by atoms with Crippen molar-refractivity contribution < 1.29 is 0 Å². The van der Waals surface area contributed by atoms with Crippen molar-refractivity contribution in [2.24, 2.45) is 0 Å². The molecule has 5 heteroatoms. The molecular formula is C15H14N4S. The summed E-state index contributed by atoms with van der Waals surface area (Å²) in [7, 11) is 0. The number of anilines is 2. The van der Waals surface area contributed by atoms with Gasteiger partial charge in [0.15, 0.2) is 0 Å². The fraction of sp³-hybridized carbons (Fsp3) is 0. The van der Waals surface area contributed by atoms with E-state index in [-0.39, 0.29) is 0 Å². The van der Waals surface area contributed by atoms with Crippen molar-refractivity contribution in [1.82, 2.24) is 9.55 Å². The van der Waals surface area contributed by atoms with Crippen molar-refractivity contribution in [3.8, 4) is 5.69 Å². The fourth-order valence-corrected chi connectivity index (χ4v) is 2.72. The van der Waals surface area contributed by atoms with Gasteiger partial charge in [-0.2, -0.15) is 0 Å². The minimum absolute atomic E-state index is 0.616. The van der Waals surface area contributed by atoms with Crippen LogP contribution in [0.4, 0.5) is 11.4 Å². The molecule has 3 rings (SSSR count).